The number of halogens is 2. The first-order valence-electron chi connectivity index (χ1n) is 6.16. The molecule has 8 heteroatoms. The number of rotatable bonds is 4. The van der Waals surface area contributed by atoms with Gasteiger partial charge in [0, 0.05) is 24.8 Å². The van der Waals surface area contributed by atoms with Crippen LogP contribution >= 0.6 is 0 Å². The first-order valence-corrected chi connectivity index (χ1v) is 7.64. The van der Waals surface area contributed by atoms with Crippen LogP contribution in [0.2, 0.25) is 0 Å². The molecule has 0 aliphatic carbocycles. The minimum atomic E-state index is -3.92. The zero-order chi connectivity index (χ0) is 15.8. The van der Waals surface area contributed by atoms with Crippen LogP contribution in [0.5, 0.6) is 0 Å². The van der Waals surface area contributed by atoms with Gasteiger partial charge in [0.25, 0.3) is 0 Å². The fourth-order valence-corrected chi connectivity index (χ4v) is 2.97. The summed E-state index contributed by atoms with van der Waals surface area (Å²) in [6.07, 6.45) is 0. The molecule has 2 aromatic rings. The van der Waals surface area contributed by atoms with Gasteiger partial charge in [-0.2, -0.15) is 5.10 Å². The molecule has 1 aromatic carbocycles. The Morgan fingerprint density at radius 1 is 1.24 bits per heavy atom. The summed E-state index contributed by atoms with van der Waals surface area (Å²) in [6.45, 7) is 3.63. The Balaban J connectivity index is 2.23. The number of nitrogens with one attached hydrogen (secondary N) is 1. The lowest BCUT2D eigenvalue weighted by atomic mass is 10.2. The summed E-state index contributed by atoms with van der Waals surface area (Å²) in [7, 11) is -2.16. The van der Waals surface area contributed by atoms with E-state index in [4.69, 9.17) is 0 Å². The maximum atomic E-state index is 13.1. The Labute approximate surface area is 121 Å². The van der Waals surface area contributed by atoms with Crippen molar-refractivity contribution in [1.82, 2.24) is 14.5 Å². The van der Waals surface area contributed by atoms with Gasteiger partial charge in [-0.1, -0.05) is 0 Å². The van der Waals surface area contributed by atoms with E-state index < -0.39 is 21.7 Å². The Bertz CT molecular complexity index is 785. The van der Waals surface area contributed by atoms with Gasteiger partial charge in [-0.3, -0.25) is 4.68 Å². The van der Waals surface area contributed by atoms with Gasteiger partial charge in [0.1, 0.15) is 0 Å². The van der Waals surface area contributed by atoms with E-state index in [2.05, 4.69) is 9.82 Å². The van der Waals surface area contributed by atoms with Gasteiger partial charge < -0.3 is 0 Å². The predicted octanol–water partition coefficient (Wildman–Crippen LogP) is 1.79. The lowest BCUT2D eigenvalue weighted by Gasteiger charge is -2.07. The largest absolute Gasteiger partial charge is 0.272 e. The van der Waals surface area contributed by atoms with Crippen LogP contribution in [-0.2, 0) is 23.6 Å². The molecule has 114 valence electrons. The van der Waals surface area contributed by atoms with E-state index in [1.807, 2.05) is 6.92 Å². The third-order valence-corrected chi connectivity index (χ3v) is 4.70. The number of nitrogens with zero attached hydrogens (tertiary/aromatic N) is 2. The summed E-state index contributed by atoms with van der Waals surface area (Å²) in [5, 5.41) is 4.18. The van der Waals surface area contributed by atoms with Crippen LogP contribution in [0.3, 0.4) is 0 Å². The Morgan fingerprint density at radius 2 is 1.90 bits per heavy atom. The topological polar surface area (TPSA) is 64.0 Å². The Kier molecular flexibility index (Phi) is 4.11. The molecular weight excluding hydrogens is 300 g/mol. The van der Waals surface area contributed by atoms with Gasteiger partial charge in [0.05, 0.1) is 10.6 Å². The van der Waals surface area contributed by atoms with E-state index >= 15 is 0 Å². The molecule has 0 unspecified atom stereocenters. The predicted molar refractivity (Wildman–Crippen MR) is 73.1 cm³/mol. The third kappa shape index (κ3) is 3.11. The first kappa shape index (κ1) is 15.6. The molecule has 0 spiro atoms. The minimum absolute atomic E-state index is 0.0346. The second-order valence-electron chi connectivity index (χ2n) is 4.67. The smallest absolute Gasteiger partial charge is 0.240 e. The third-order valence-electron chi connectivity index (χ3n) is 3.30. The van der Waals surface area contributed by atoms with Crippen molar-refractivity contribution in [2.45, 2.75) is 25.3 Å². The van der Waals surface area contributed by atoms with Crippen LogP contribution < -0.4 is 4.72 Å². The minimum Gasteiger partial charge on any atom is -0.272 e. The van der Waals surface area contributed by atoms with E-state index in [0.717, 1.165) is 23.4 Å². The van der Waals surface area contributed by atoms with Crippen molar-refractivity contribution in [2.75, 3.05) is 0 Å². The maximum Gasteiger partial charge on any atom is 0.240 e. The molecule has 0 aliphatic rings. The Hall–Kier alpha value is -1.80. The van der Waals surface area contributed by atoms with Gasteiger partial charge >= 0.3 is 0 Å². The summed E-state index contributed by atoms with van der Waals surface area (Å²) >= 11 is 0. The quantitative estimate of drug-likeness (QED) is 0.935. The molecule has 1 aromatic heterocycles. The molecule has 0 bridgehead atoms. The van der Waals surface area contributed by atoms with Crippen molar-refractivity contribution in [3.63, 3.8) is 0 Å². The van der Waals surface area contributed by atoms with E-state index in [9.17, 15) is 17.2 Å². The molecule has 0 radical (unpaired) electrons. The SMILES string of the molecule is Cc1nn(C)c(C)c1CNS(=O)(=O)c1ccc(F)c(F)c1. The second-order valence-corrected chi connectivity index (χ2v) is 6.44. The molecule has 0 aliphatic heterocycles. The van der Waals surface area contributed by atoms with Gasteiger partial charge in [0.15, 0.2) is 11.6 Å². The average molecular weight is 315 g/mol. The van der Waals surface area contributed by atoms with E-state index in [0.29, 0.717) is 11.8 Å². The van der Waals surface area contributed by atoms with Crippen molar-refractivity contribution >= 4 is 10.0 Å². The summed E-state index contributed by atoms with van der Waals surface area (Å²) < 4.78 is 54.1. The van der Waals surface area contributed by atoms with Gasteiger partial charge in [-0.15, -0.1) is 0 Å². The molecule has 5 nitrogen and oxygen atoms in total. The van der Waals surface area contributed by atoms with Crippen molar-refractivity contribution < 1.29 is 17.2 Å². The summed E-state index contributed by atoms with van der Waals surface area (Å²) in [4.78, 5) is -0.319. The lowest BCUT2D eigenvalue weighted by molar-refractivity contribution is 0.504. The van der Waals surface area contributed by atoms with Crippen molar-refractivity contribution in [3.8, 4) is 0 Å². The highest BCUT2D eigenvalue weighted by Crippen LogP contribution is 2.16. The normalized spacial score (nSPS) is 11.9. The molecule has 1 N–H and O–H groups in total. The molecule has 1 heterocycles. The maximum absolute atomic E-state index is 13.1. The number of hydrogen-bond donors (Lipinski definition) is 1. The monoisotopic (exact) mass is 315 g/mol. The summed E-state index contributed by atoms with van der Waals surface area (Å²) in [6, 6.07) is 2.45. The standard InChI is InChI=1S/C13H15F2N3O2S/c1-8-11(9(2)18(3)17-8)7-16-21(19,20)10-4-5-12(14)13(15)6-10/h4-6,16H,7H2,1-3H3. The van der Waals surface area contributed by atoms with E-state index in [1.54, 1.807) is 18.7 Å². The van der Waals surface area contributed by atoms with Crippen molar-refractivity contribution in [3.05, 3.63) is 46.8 Å². The molecule has 0 atom stereocenters. The van der Waals surface area contributed by atoms with Crippen LogP contribution in [0.25, 0.3) is 0 Å². The summed E-state index contributed by atoms with van der Waals surface area (Å²) in [5.41, 5.74) is 2.30. The van der Waals surface area contributed by atoms with Crippen LogP contribution in [-0.4, -0.2) is 18.2 Å². The van der Waals surface area contributed by atoms with Gasteiger partial charge in [-0.25, -0.2) is 21.9 Å². The number of aryl methyl sites for hydroxylation is 2. The highest BCUT2D eigenvalue weighted by atomic mass is 32.2. The molecule has 0 saturated heterocycles. The van der Waals surface area contributed by atoms with Crippen LogP contribution in [0, 0.1) is 25.5 Å². The fraction of sp³-hybridized carbons (Fsp3) is 0.308. The van der Waals surface area contributed by atoms with Gasteiger partial charge in [0.2, 0.25) is 10.0 Å². The van der Waals surface area contributed by atoms with Crippen LogP contribution in [0.1, 0.15) is 17.0 Å². The molecule has 0 fully saturated rings. The van der Waals surface area contributed by atoms with E-state index in [1.165, 1.54) is 0 Å². The lowest BCUT2D eigenvalue weighted by Crippen LogP contribution is -2.24. The average Bonchev–Trinajstić information content (AvgIpc) is 2.64. The highest BCUT2D eigenvalue weighted by molar-refractivity contribution is 7.89. The van der Waals surface area contributed by atoms with Crippen molar-refractivity contribution in [2.24, 2.45) is 7.05 Å². The first-order chi connectivity index (χ1) is 9.72. The summed E-state index contributed by atoms with van der Waals surface area (Å²) in [5.74, 6) is -2.29. The zero-order valence-electron chi connectivity index (χ0n) is 11.8. The Morgan fingerprint density at radius 3 is 2.43 bits per heavy atom. The van der Waals surface area contributed by atoms with Gasteiger partial charge in [-0.05, 0) is 32.0 Å². The number of hydrogen-bond acceptors (Lipinski definition) is 3. The molecule has 0 amide bonds. The number of aromatic nitrogens is 2. The molecular formula is C13H15F2N3O2S. The fourth-order valence-electron chi connectivity index (χ4n) is 1.97. The zero-order valence-corrected chi connectivity index (χ0v) is 12.6. The molecule has 0 saturated carbocycles. The number of benzene rings is 1. The molecule has 2 rings (SSSR count). The number of sulfonamides is 1. The van der Waals surface area contributed by atoms with Crippen LogP contribution in [0.4, 0.5) is 8.78 Å². The van der Waals surface area contributed by atoms with Crippen LogP contribution in [0.15, 0.2) is 23.1 Å². The second kappa shape index (κ2) is 5.53. The molecule has 21 heavy (non-hydrogen) atoms. The highest BCUT2D eigenvalue weighted by Gasteiger charge is 2.18. The van der Waals surface area contributed by atoms with Crippen molar-refractivity contribution in [1.29, 1.82) is 0 Å². The van der Waals surface area contributed by atoms with E-state index in [-0.39, 0.29) is 11.4 Å².